The van der Waals surface area contributed by atoms with Gasteiger partial charge in [0.15, 0.2) is 0 Å². The summed E-state index contributed by atoms with van der Waals surface area (Å²) in [6, 6.07) is 0. The number of rotatable bonds is 3. The fourth-order valence-corrected chi connectivity index (χ4v) is 2.82. The minimum absolute atomic E-state index is 0.0554. The highest BCUT2D eigenvalue weighted by Gasteiger charge is 2.29. The molecule has 5 heteroatoms. The molecule has 0 aliphatic carbocycles. The zero-order chi connectivity index (χ0) is 11.6. The summed E-state index contributed by atoms with van der Waals surface area (Å²) >= 11 is 0. The van der Waals surface area contributed by atoms with Crippen molar-refractivity contribution in [2.24, 2.45) is 11.8 Å². The maximum absolute atomic E-state index is 11.7. The number of Topliss-reactive ketones (excluding diaryl/α,β-unsaturated/α-hetero) is 1. The number of hydrogen-bond donors (Lipinski definition) is 0. The lowest BCUT2D eigenvalue weighted by molar-refractivity contribution is -0.126. The summed E-state index contributed by atoms with van der Waals surface area (Å²) in [7, 11) is -3.07. The van der Waals surface area contributed by atoms with Crippen LogP contribution in [0.4, 0.5) is 0 Å². The maximum Gasteiger partial charge on any atom is 0.211 e. The Labute approximate surface area is 91.7 Å². The Morgan fingerprint density at radius 1 is 1.27 bits per heavy atom. The van der Waals surface area contributed by atoms with E-state index in [0.717, 1.165) is 0 Å². The van der Waals surface area contributed by atoms with E-state index in [1.54, 1.807) is 0 Å². The van der Waals surface area contributed by atoms with Gasteiger partial charge in [0.2, 0.25) is 10.0 Å². The summed E-state index contributed by atoms with van der Waals surface area (Å²) < 4.78 is 23.9. The number of carbonyl (C=O) groups is 1. The van der Waals surface area contributed by atoms with Gasteiger partial charge < -0.3 is 0 Å². The van der Waals surface area contributed by atoms with Crippen LogP contribution in [-0.2, 0) is 14.8 Å². The third-order valence-corrected chi connectivity index (χ3v) is 4.20. The molecule has 0 aromatic carbocycles. The zero-order valence-electron chi connectivity index (χ0n) is 9.56. The van der Waals surface area contributed by atoms with Crippen LogP contribution in [0.1, 0.15) is 26.7 Å². The van der Waals surface area contributed by atoms with Gasteiger partial charge in [-0.1, -0.05) is 13.8 Å². The van der Waals surface area contributed by atoms with Crippen LogP contribution >= 0.6 is 0 Å². The molecule has 1 aliphatic heterocycles. The van der Waals surface area contributed by atoms with E-state index in [2.05, 4.69) is 0 Å². The maximum atomic E-state index is 11.7. The average Bonchev–Trinajstić information content (AvgIpc) is 2.15. The molecule has 15 heavy (non-hydrogen) atoms. The van der Waals surface area contributed by atoms with Crippen molar-refractivity contribution in [1.29, 1.82) is 0 Å². The molecule has 0 aromatic rings. The minimum atomic E-state index is -3.07. The molecule has 1 aliphatic rings. The van der Waals surface area contributed by atoms with Crippen LogP contribution in [0.3, 0.4) is 0 Å². The monoisotopic (exact) mass is 233 g/mol. The highest BCUT2D eigenvalue weighted by atomic mass is 32.2. The number of hydrogen-bond acceptors (Lipinski definition) is 3. The summed E-state index contributed by atoms with van der Waals surface area (Å²) in [5.74, 6) is 0.380. The van der Waals surface area contributed by atoms with Crippen molar-refractivity contribution in [2.45, 2.75) is 26.7 Å². The quantitative estimate of drug-likeness (QED) is 0.727. The van der Waals surface area contributed by atoms with Gasteiger partial charge in [-0.15, -0.1) is 0 Å². The second-order valence-electron chi connectivity index (χ2n) is 4.49. The highest BCUT2D eigenvalue weighted by Crippen LogP contribution is 2.22. The van der Waals surface area contributed by atoms with Crippen molar-refractivity contribution in [3.05, 3.63) is 0 Å². The van der Waals surface area contributed by atoms with Gasteiger partial charge in [0, 0.05) is 24.9 Å². The molecule has 0 spiro atoms. The lowest BCUT2D eigenvalue weighted by Gasteiger charge is -2.30. The third kappa shape index (κ3) is 3.28. The van der Waals surface area contributed by atoms with Crippen molar-refractivity contribution < 1.29 is 13.2 Å². The van der Waals surface area contributed by atoms with Gasteiger partial charge in [0.25, 0.3) is 0 Å². The molecule has 1 heterocycles. The van der Waals surface area contributed by atoms with Gasteiger partial charge in [-0.25, -0.2) is 12.7 Å². The van der Waals surface area contributed by atoms with Crippen molar-refractivity contribution in [2.75, 3.05) is 19.3 Å². The minimum Gasteiger partial charge on any atom is -0.299 e. The lowest BCUT2D eigenvalue weighted by atomic mass is 9.88. The van der Waals surface area contributed by atoms with Crippen LogP contribution in [0.15, 0.2) is 0 Å². The van der Waals surface area contributed by atoms with Crippen LogP contribution in [0.2, 0.25) is 0 Å². The van der Waals surface area contributed by atoms with Crippen LogP contribution < -0.4 is 0 Å². The van der Waals surface area contributed by atoms with E-state index in [4.69, 9.17) is 0 Å². The second kappa shape index (κ2) is 4.61. The SMILES string of the molecule is CC(C)C(=O)C1CCN(S(C)(=O)=O)CC1. The summed E-state index contributed by atoms with van der Waals surface area (Å²) in [6.07, 6.45) is 2.56. The Morgan fingerprint density at radius 3 is 2.07 bits per heavy atom. The lowest BCUT2D eigenvalue weighted by Crippen LogP contribution is -2.40. The van der Waals surface area contributed by atoms with E-state index in [1.807, 2.05) is 13.8 Å². The molecule has 0 N–H and O–H groups in total. The number of nitrogens with zero attached hydrogens (tertiary/aromatic N) is 1. The first kappa shape index (κ1) is 12.6. The Kier molecular flexibility index (Phi) is 3.89. The number of carbonyl (C=O) groups excluding carboxylic acids is 1. The Bertz CT molecular complexity index is 327. The third-order valence-electron chi connectivity index (χ3n) is 2.89. The molecule has 0 saturated carbocycles. The predicted molar refractivity (Wildman–Crippen MR) is 59.0 cm³/mol. The standard InChI is InChI=1S/C10H19NO3S/c1-8(2)10(12)9-4-6-11(7-5-9)15(3,13)14/h8-9H,4-7H2,1-3H3. The van der Waals surface area contributed by atoms with Gasteiger partial charge in [-0.2, -0.15) is 0 Å². The Morgan fingerprint density at radius 2 is 1.73 bits per heavy atom. The van der Waals surface area contributed by atoms with E-state index in [-0.39, 0.29) is 17.6 Å². The molecular weight excluding hydrogens is 214 g/mol. The number of piperidine rings is 1. The first-order valence-corrected chi connectivity index (χ1v) is 7.16. The summed E-state index contributed by atoms with van der Waals surface area (Å²) in [6.45, 7) is 4.76. The fourth-order valence-electron chi connectivity index (χ4n) is 1.94. The van der Waals surface area contributed by atoms with E-state index < -0.39 is 10.0 Å². The summed E-state index contributed by atoms with van der Waals surface area (Å²) in [4.78, 5) is 11.7. The molecule has 0 aromatic heterocycles. The molecule has 0 radical (unpaired) electrons. The highest BCUT2D eigenvalue weighted by molar-refractivity contribution is 7.88. The topological polar surface area (TPSA) is 54.5 Å². The van der Waals surface area contributed by atoms with E-state index in [0.29, 0.717) is 25.9 Å². The normalized spacial score (nSPS) is 20.8. The molecule has 4 nitrogen and oxygen atoms in total. The van der Waals surface area contributed by atoms with Crippen LogP contribution in [0.25, 0.3) is 0 Å². The molecule has 0 unspecified atom stereocenters. The second-order valence-corrected chi connectivity index (χ2v) is 6.48. The van der Waals surface area contributed by atoms with Crippen LogP contribution in [0, 0.1) is 11.8 Å². The van der Waals surface area contributed by atoms with E-state index in [1.165, 1.54) is 10.6 Å². The smallest absolute Gasteiger partial charge is 0.211 e. The van der Waals surface area contributed by atoms with E-state index in [9.17, 15) is 13.2 Å². The Balaban J connectivity index is 2.53. The van der Waals surface area contributed by atoms with Crippen LogP contribution in [-0.4, -0.2) is 37.9 Å². The van der Waals surface area contributed by atoms with Gasteiger partial charge in [-0.3, -0.25) is 4.79 Å². The predicted octanol–water partition coefficient (Wildman–Crippen LogP) is 0.883. The zero-order valence-corrected chi connectivity index (χ0v) is 10.4. The van der Waals surface area contributed by atoms with Crippen molar-refractivity contribution >= 4 is 15.8 Å². The average molecular weight is 233 g/mol. The Hall–Kier alpha value is -0.420. The van der Waals surface area contributed by atoms with Gasteiger partial charge in [0.1, 0.15) is 5.78 Å². The number of ketones is 1. The number of sulfonamides is 1. The van der Waals surface area contributed by atoms with Gasteiger partial charge >= 0.3 is 0 Å². The fraction of sp³-hybridized carbons (Fsp3) is 0.900. The molecule has 1 saturated heterocycles. The first-order chi connectivity index (χ1) is 6.82. The molecule has 0 amide bonds. The molecule has 0 bridgehead atoms. The van der Waals surface area contributed by atoms with Crippen molar-refractivity contribution in [3.63, 3.8) is 0 Å². The van der Waals surface area contributed by atoms with Gasteiger partial charge in [-0.05, 0) is 12.8 Å². The van der Waals surface area contributed by atoms with Crippen LogP contribution in [0.5, 0.6) is 0 Å². The summed E-state index contributed by atoms with van der Waals surface area (Å²) in [5.41, 5.74) is 0. The molecule has 1 rings (SSSR count). The summed E-state index contributed by atoms with van der Waals surface area (Å²) in [5, 5.41) is 0. The van der Waals surface area contributed by atoms with E-state index >= 15 is 0 Å². The molecule has 1 fully saturated rings. The molecule has 88 valence electrons. The first-order valence-electron chi connectivity index (χ1n) is 5.31. The van der Waals surface area contributed by atoms with Gasteiger partial charge in [0.05, 0.1) is 6.26 Å². The van der Waals surface area contributed by atoms with Crippen molar-refractivity contribution in [3.8, 4) is 0 Å². The molecular formula is C10H19NO3S. The van der Waals surface area contributed by atoms with Crippen molar-refractivity contribution in [1.82, 2.24) is 4.31 Å². The largest absolute Gasteiger partial charge is 0.299 e. The molecule has 0 atom stereocenters.